The van der Waals surface area contributed by atoms with Gasteiger partial charge in [0.15, 0.2) is 0 Å². The molecular weight excluding hydrogens is 314 g/mol. The molecule has 2 aromatic carbocycles. The molecule has 0 aliphatic carbocycles. The molecule has 2 aromatic rings. The molecule has 1 saturated heterocycles. The Morgan fingerprint density at radius 1 is 1.08 bits per heavy atom. The van der Waals surface area contributed by atoms with E-state index in [1.807, 2.05) is 30.0 Å². The number of nitrogens with zero attached hydrogens (tertiary/aromatic N) is 1. The summed E-state index contributed by atoms with van der Waals surface area (Å²) in [5.74, 6) is 1.29. The van der Waals surface area contributed by atoms with E-state index in [1.165, 1.54) is 5.56 Å². The molecule has 1 fully saturated rings. The fraction of sp³-hybridized carbons (Fsp3) is 0.381. The molecule has 0 saturated carbocycles. The Morgan fingerprint density at radius 2 is 1.75 bits per heavy atom. The standard InChI is InChI=1S/C21H25NOS/c1-2-19(17-9-5-3-6-10-17)21(23)22-14-13-20(24-16-15-22)18-11-7-4-8-12-18/h3-12,19-20H,2,13-16H2,1H3. The number of hydrogen-bond acceptors (Lipinski definition) is 2. The topological polar surface area (TPSA) is 20.3 Å². The summed E-state index contributed by atoms with van der Waals surface area (Å²) in [5, 5.41) is 0.501. The molecule has 2 unspecified atom stereocenters. The Labute approximate surface area is 149 Å². The van der Waals surface area contributed by atoms with Crippen molar-refractivity contribution < 1.29 is 4.79 Å². The van der Waals surface area contributed by atoms with Gasteiger partial charge >= 0.3 is 0 Å². The maximum atomic E-state index is 13.0. The molecule has 2 atom stereocenters. The minimum Gasteiger partial charge on any atom is -0.341 e. The van der Waals surface area contributed by atoms with Gasteiger partial charge in [0.25, 0.3) is 0 Å². The van der Waals surface area contributed by atoms with Crippen LogP contribution in [0.2, 0.25) is 0 Å². The van der Waals surface area contributed by atoms with E-state index in [1.54, 1.807) is 0 Å². The van der Waals surface area contributed by atoms with Crippen LogP contribution in [0.1, 0.15) is 42.1 Å². The number of thioether (sulfide) groups is 1. The number of rotatable bonds is 4. The average Bonchev–Trinajstić information content (AvgIpc) is 2.90. The summed E-state index contributed by atoms with van der Waals surface area (Å²) < 4.78 is 0. The molecule has 1 amide bonds. The van der Waals surface area contributed by atoms with Crippen LogP contribution in [-0.4, -0.2) is 29.6 Å². The van der Waals surface area contributed by atoms with E-state index < -0.39 is 0 Å². The third kappa shape index (κ3) is 4.02. The highest BCUT2D eigenvalue weighted by molar-refractivity contribution is 7.99. The summed E-state index contributed by atoms with van der Waals surface area (Å²) in [6.07, 6.45) is 1.89. The molecule has 0 N–H and O–H groups in total. The molecular formula is C21H25NOS. The zero-order valence-electron chi connectivity index (χ0n) is 14.2. The van der Waals surface area contributed by atoms with Gasteiger partial charge in [-0.05, 0) is 24.0 Å². The van der Waals surface area contributed by atoms with Crippen molar-refractivity contribution in [1.82, 2.24) is 4.90 Å². The van der Waals surface area contributed by atoms with Gasteiger partial charge in [0.2, 0.25) is 5.91 Å². The van der Waals surface area contributed by atoms with Gasteiger partial charge in [-0.3, -0.25) is 4.79 Å². The Morgan fingerprint density at radius 3 is 2.42 bits per heavy atom. The van der Waals surface area contributed by atoms with Crippen LogP contribution in [0.4, 0.5) is 0 Å². The minimum atomic E-state index is -0.00975. The summed E-state index contributed by atoms with van der Waals surface area (Å²) in [6.45, 7) is 3.82. The van der Waals surface area contributed by atoms with Gasteiger partial charge in [-0.1, -0.05) is 67.6 Å². The quantitative estimate of drug-likeness (QED) is 0.791. The van der Waals surface area contributed by atoms with Crippen LogP contribution in [0.3, 0.4) is 0 Å². The van der Waals surface area contributed by atoms with Crippen molar-refractivity contribution in [3.8, 4) is 0 Å². The highest BCUT2D eigenvalue weighted by Gasteiger charge is 2.27. The highest BCUT2D eigenvalue weighted by atomic mass is 32.2. The zero-order chi connectivity index (χ0) is 16.8. The fourth-order valence-electron chi connectivity index (χ4n) is 3.38. The van der Waals surface area contributed by atoms with Crippen LogP contribution in [0.5, 0.6) is 0 Å². The Bertz CT molecular complexity index is 643. The lowest BCUT2D eigenvalue weighted by atomic mass is 9.95. The van der Waals surface area contributed by atoms with E-state index in [9.17, 15) is 4.79 Å². The first kappa shape index (κ1) is 17.1. The monoisotopic (exact) mass is 339 g/mol. The van der Waals surface area contributed by atoms with Gasteiger partial charge < -0.3 is 4.90 Å². The molecule has 1 heterocycles. The highest BCUT2D eigenvalue weighted by Crippen LogP contribution is 2.35. The maximum absolute atomic E-state index is 13.0. The van der Waals surface area contributed by atoms with Gasteiger partial charge in [0.1, 0.15) is 0 Å². The molecule has 0 aromatic heterocycles. The number of carbonyl (C=O) groups is 1. The fourth-order valence-corrected chi connectivity index (χ4v) is 4.61. The molecule has 1 aliphatic rings. The summed E-state index contributed by atoms with van der Waals surface area (Å²) in [5.41, 5.74) is 2.52. The Hall–Kier alpha value is -1.74. The lowest BCUT2D eigenvalue weighted by molar-refractivity contribution is -0.132. The normalized spacial score (nSPS) is 19.5. The van der Waals surface area contributed by atoms with Crippen LogP contribution in [-0.2, 0) is 4.79 Å². The molecule has 1 aliphatic heterocycles. The van der Waals surface area contributed by atoms with Gasteiger partial charge in [-0.2, -0.15) is 11.8 Å². The first-order valence-electron chi connectivity index (χ1n) is 8.80. The minimum absolute atomic E-state index is 0.00975. The molecule has 2 nitrogen and oxygen atoms in total. The van der Waals surface area contributed by atoms with Crippen LogP contribution < -0.4 is 0 Å². The second-order valence-corrected chi connectivity index (χ2v) is 7.57. The summed E-state index contributed by atoms with van der Waals surface area (Å²) in [6, 6.07) is 20.9. The lowest BCUT2D eigenvalue weighted by Crippen LogP contribution is -2.36. The Balaban J connectivity index is 1.68. The van der Waals surface area contributed by atoms with E-state index in [0.29, 0.717) is 5.25 Å². The van der Waals surface area contributed by atoms with Crippen molar-refractivity contribution in [3.05, 3.63) is 71.8 Å². The molecule has 3 heteroatoms. The SMILES string of the molecule is CCC(C(=O)N1CCSC(c2ccccc2)CC1)c1ccccc1. The van der Waals surface area contributed by atoms with Crippen molar-refractivity contribution in [3.63, 3.8) is 0 Å². The summed E-state index contributed by atoms with van der Waals surface area (Å²) in [7, 11) is 0. The molecule has 0 spiro atoms. The van der Waals surface area contributed by atoms with E-state index in [4.69, 9.17) is 0 Å². The number of hydrogen-bond donors (Lipinski definition) is 0. The van der Waals surface area contributed by atoms with Crippen LogP contribution in [0, 0.1) is 0 Å². The largest absolute Gasteiger partial charge is 0.341 e. The van der Waals surface area contributed by atoms with Gasteiger partial charge in [-0.15, -0.1) is 0 Å². The summed E-state index contributed by atoms with van der Waals surface area (Å²) in [4.78, 5) is 15.1. The zero-order valence-corrected chi connectivity index (χ0v) is 15.0. The first-order valence-corrected chi connectivity index (χ1v) is 9.84. The van der Waals surface area contributed by atoms with Crippen molar-refractivity contribution in [1.29, 1.82) is 0 Å². The van der Waals surface area contributed by atoms with E-state index in [-0.39, 0.29) is 11.8 Å². The molecule has 3 rings (SSSR count). The molecule has 126 valence electrons. The van der Waals surface area contributed by atoms with Crippen molar-refractivity contribution >= 4 is 17.7 Å². The number of carbonyl (C=O) groups excluding carboxylic acids is 1. The van der Waals surface area contributed by atoms with Crippen LogP contribution >= 0.6 is 11.8 Å². The van der Waals surface area contributed by atoms with E-state index in [2.05, 4.69) is 54.3 Å². The second kappa shape index (κ2) is 8.39. The van der Waals surface area contributed by atoms with Crippen molar-refractivity contribution in [2.75, 3.05) is 18.8 Å². The van der Waals surface area contributed by atoms with E-state index >= 15 is 0 Å². The average molecular weight is 340 g/mol. The predicted octanol–water partition coefficient (Wildman–Crippen LogP) is 4.89. The second-order valence-electron chi connectivity index (χ2n) is 6.26. The van der Waals surface area contributed by atoms with E-state index in [0.717, 1.165) is 37.2 Å². The number of benzene rings is 2. The predicted molar refractivity (Wildman–Crippen MR) is 102 cm³/mol. The van der Waals surface area contributed by atoms with Crippen LogP contribution in [0.25, 0.3) is 0 Å². The maximum Gasteiger partial charge on any atom is 0.230 e. The molecule has 24 heavy (non-hydrogen) atoms. The van der Waals surface area contributed by atoms with Gasteiger partial charge in [0, 0.05) is 24.1 Å². The van der Waals surface area contributed by atoms with Gasteiger partial charge in [-0.25, -0.2) is 0 Å². The molecule has 0 bridgehead atoms. The Kier molecular flexibility index (Phi) is 5.97. The smallest absolute Gasteiger partial charge is 0.230 e. The van der Waals surface area contributed by atoms with Gasteiger partial charge in [0.05, 0.1) is 5.92 Å². The first-order chi connectivity index (χ1) is 11.8. The third-order valence-corrected chi connectivity index (χ3v) is 6.06. The number of amides is 1. The van der Waals surface area contributed by atoms with Crippen molar-refractivity contribution in [2.24, 2.45) is 0 Å². The van der Waals surface area contributed by atoms with Crippen LogP contribution in [0.15, 0.2) is 60.7 Å². The lowest BCUT2D eigenvalue weighted by Gasteiger charge is -2.25. The third-order valence-electron chi connectivity index (χ3n) is 4.73. The van der Waals surface area contributed by atoms with Crippen molar-refractivity contribution in [2.45, 2.75) is 30.9 Å². The summed E-state index contributed by atoms with van der Waals surface area (Å²) >= 11 is 1.98. The molecule has 0 radical (unpaired) electrons.